The molecule has 0 saturated carbocycles. The average Bonchev–Trinajstić information content (AvgIpc) is 1.79. The summed E-state index contributed by atoms with van der Waals surface area (Å²) in [5.41, 5.74) is 0. The highest BCUT2D eigenvalue weighted by molar-refractivity contribution is 4.54. The molecular weight excluding hydrogens is 130 g/mol. The van der Waals surface area contributed by atoms with Crippen LogP contribution < -0.4 is 5.32 Å². The molecule has 0 aliphatic carbocycles. The summed E-state index contributed by atoms with van der Waals surface area (Å²) in [5, 5.41) is 20.6. The van der Waals surface area contributed by atoms with E-state index in [-0.39, 0.29) is 12.2 Å². The Hall–Kier alpha value is -0.120. The minimum atomic E-state index is -0.297. The third-order valence-electron chi connectivity index (χ3n) is 1.18. The molecule has 0 fully saturated rings. The van der Waals surface area contributed by atoms with Gasteiger partial charge >= 0.3 is 0 Å². The Morgan fingerprint density at radius 2 is 1.80 bits per heavy atom. The van der Waals surface area contributed by atoms with Crippen LogP contribution in [-0.4, -0.2) is 35.5 Å². The van der Waals surface area contributed by atoms with E-state index in [4.69, 9.17) is 10.2 Å². The molecule has 0 aromatic carbocycles. The second kappa shape index (κ2) is 5.65. The number of aliphatic hydroxyl groups excluding tert-OH is 2. The van der Waals surface area contributed by atoms with Crippen LogP contribution in [0.5, 0.6) is 0 Å². The van der Waals surface area contributed by atoms with Crippen LogP contribution in [0, 0.1) is 0 Å². The monoisotopic (exact) mass is 147 g/mol. The zero-order valence-electron chi connectivity index (χ0n) is 6.67. The summed E-state index contributed by atoms with van der Waals surface area (Å²) in [6.45, 7) is 4.86. The number of hydrogen-bond donors (Lipinski definition) is 3. The zero-order valence-corrected chi connectivity index (χ0v) is 6.67. The molecule has 2 atom stereocenters. The molecule has 0 aromatic heterocycles. The fraction of sp³-hybridized carbons (Fsp3) is 1.00. The van der Waals surface area contributed by atoms with Crippen LogP contribution in [0.3, 0.4) is 0 Å². The predicted octanol–water partition coefficient (Wildman–Crippen LogP) is -0.272. The Kier molecular flexibility index (Phi) is 5.58. The van der Waals surface area contributed by atoms with Crippen molar-refractivity contribution < 1.29 is 10.2 Å². The molecule has 10 heavy (non-hydrogen) atoms. The van der Waals surface area contributed by atoms with Gasteiger partial charge in [-0.1, -0.05) is 0 Å². The van der Waals surface area contributed by atoms with Crippen molar-refractivity contribution in [2.45, 2.75) is 32.5 Å². The van der Waals surface area contributed by atoms with E-state index in [1.165, 1.54) is 0 Å². The van der Waals surface area contributed by atoms with Gasteiger partial charge in [-0.05, 0) is 26.8 Å². The highest BCUT2D eigenvalue weighted by Gasteiger charge is 1.96. The summed E-state index contributed by atoms with van der Waals surface area (Å²) < 4.78 is 0. The molecule has 0 rings (SSSR count). The number of hydrogen-bond acceptors (Lipinski definition) is 3. The number of nitrogens with one attached hydrogen (secondary N) is 1. The Bertz CT molecular complexity index is 64.0. The molecule has 0 aromatic rings. The molecule has 3 N–H and O–H groups in total. The van der Waals surface area contributed by atoms with Crippen molar-refractivity contribution in [3.8, 4) is 0 Å². The quantitative estimate of drug-likeness (QED) is 0.469. The molecule has 62 valence electrons. The first-order valence-corrected chi connectivity index (χ1v) is 3.69. The van der Waals surface area contributed by atoms with Crippen LogP contribution >= 0.6 is 0 Å². The largest absolute Gasteiger partial charge is 0.393 e. The van der Waals surface area contributed by atoms with Crippen molar-refractivity contribution in [2.24, 2.45) is 0 Å². The van der Waals surface area contributed by atoms with E-state index in [1.54, 1.807) is 13.8 Å². The predicted molar refractivity (Wildman–Crippen MR) is 40.8 cm³/mol. The maximum absolute atomic E-state index is 8.82. The van der Waals surface area contributed by atoms with E-state index in [0.29, 0.717) is 6.54 Å². The first kappa shape index (κ1) is 9.88. The van der Waals surface area contributed by atoms with Crippen molar-refractivity contribution >= 4 is 0 Å². The first-order chi connectivity index (χ1) is 4.63. The Balaban J connectivity index is 2.91. The fourth-order valence-corrected chi connectivity index (χ4v) is 0.622. The molecule has 2 unspecified atom stereocenters. The molecule has 0 heterocycles. The smallest absolute Gasteiger partial charge is 0.0636 e. The summed E-state index contributed by atoms with van der Waals surface area (Å²) in [6, 6.07) is 0. The van der Waals surface area contributed by atoms with Gasteiger partial charge in [-0.25, -0.2) is 0 Å². The van der Waals surface area contributed by atoms with Gasteiger partial charge in [0.15, 0.2) is 0 Å². The molecule has 0 saturated heterocycles. The standard InChI is InChI=1S/C7H17NO2/c1-6(9)3-4-8-5-7(2)10/h6-10H,3-5H2,1-2H3. The zero-order chi connectivity index (χ0) is 7.98. The van der Waals surface area contributed by atoms with Crippen molar-refractivity contribution in [1.29, 1.82) is 0 Å². The summed E-state index contributed by atoms with van der Waals surface area (Å²) in [4.78, 5) is 0. The maximum Gasteiger partial charge on any atom is 0.0636 e. The van der Waals surface area contributed by atoms with Gasteiger partial charge in [-0.2, -0.15) is 0 Å². The third-order valence-corrected chi connectivity index (χ3v) is 1.18. The topological polar surface area (TPSA) is 52.5 Å². The van der Waals surface area contributed by atoms with E-state index in [0.717, 1.165) is 13.0 Å². The van der Waals surface area contributed by atoms with E-state index < -0.39 is 0 Å². The fourth-order valence-electron chi connectivity index (χ4n) is 0.622. The Morgan fingerprint density at radius 1 is 1.20 bits per heavy atom. The van der Waals surface area contributed by atoms with Gasteiger partial charge in [0.05, 0.1) is 12.2 Å². The minimum absolute atomic E-state index is 0.249. The SMILES string of the molecule is CC(O)CCNCC(C)O. The van der Waals surface area contributed by atoms with Gasteiger partial charge in [-0.15, -0.1) is 0 Å². The van der Waals surface area contributed by atoms with Crippen molar-refractivity contribution in [3.63, 3.8) is 0 Å². The van der Waals surface area contributed by atoms with Gasteiger partial charge in [-0.3, -0.25) is 0 Å². The van der Waals surface area contributed by atoms with Crippen LogP contribution in [0.4, 0.5) is 0 Å². The molecular formula is C7H17NO2. The lowest BCUT2D eigenvalue weighted by atomic mass is 10.3. The van der Waals surface area contributed by atoms with Gasteiger partial charge in [0.25, 0.3) is 0 Å². The maximum atomic E-state index is 8.82. The second-order valence-corrected chi connectivity index (χ2v) is 2.69. The number of aliphatic hydroxyl groups is 2. The molecule has 3 heteroatoms. The normalized spacial score (nSPS) is 16.8. The molecule has 0 bridgehead atoms. The van der Waals surface area contributed by atoms with E-state index in [1.807, 2.05) is 0 Å². The van der Waals surface area contributed by atoms with Crippen LogP contribution in [0.25, 0.3) is 0 Å². The van der Waals surface area contributed by atoms with Crippen molar-refractivity contribution in [3.05, 3.63) is 0 Å². The first-order valence-electron chi connectivity index (χ1n) is 3.69. The summed E-state index contributed by atoms with van der Waals surface area (Å²) in [7, 11) is 0. The highest BCUT2D eigenvalue weighted by Crippen LogP contribution is 1.85. The Labute approximate surface area is 62.1 Å². The van der Waals surface area contributed by atoms with Gasteiger partial charge < -0.3 is 15.5 Å². The molecule has 0 aliphatic rings. The average molecular weight is 147 g/mol. The van der Waals surface area contributed by atoms with Gasteiger partial charge in [0.1, 0.15) is 0 Å². The van der Waals surface area contributed by atoms with Crippen molar-refractivity contribution in [2.75, 3.05) is 13.1 Å². The molecule has 3 nitrogen and oxygen atoms in total. The molecule has 0 aliphatic heterocycles. The van der Waals surface area contributed by atoms with Gasteiger partial charge in [0.2, 0.25) is 0 Å². The molecule has 0 amide bonds. The lowest BCUT2D eigenvalue weighted by Crippen LogP contribution is -2.26. The molecule has 0 radical (unpaired) electrons. The lowest BCUT2D eigenvalue weighted by molar-refractivity contribution is 0.171. The Morgan fingerprint density at radius 3 is 2.20 bits per heavy atom. The second-order valence-electron chi connectivity index (χ2n) is 2.69. The van der Waals surface area contributed by atoms with Crippen LogP contribution in [-0.2, 0) is 0 Å². The summed E-state index contributed by atoms with van der Waals surface area (Å²) >= 11 is 0. The van der Waals surface area contributed by atoms with E-state index in [2.05, 4.69) is 5.32 Å². The molecule has 0 spiro atoms. The summed E-state index contributed by atoms with van der Waals surface area (Å²) in [6.07, 6.45) is 0.197. The third kappa shape index (κ3) is 7.88. The number of rotatable bonds is 5. The van der Waals surface area contributed by atoms with Crippen LogP contribution in [0.1, 0.15) is 20.3 Å². The summed E-state index contributed by atoms with van der Waals surface area (Å²) in [5.74, 6) is 0. The van der Waals surface area contributed by atoms with Crippen LogP contribution in [0.2, 0.25) is 0 Å². The van der Waals surface area contributed by atoms with Crippen molar-refractivity contribution in [1.82, 2.24) is 5.32 Å². The van der Waals surface area contributed by atoms with Crippen LogP contribution in [0.15, 0.2) is 0 Å². The lowest BCUT2D eigenvalue weighted by Gasteiger charge is -2.07. The highest BCUT2D eigenvalue weighted by atomic mass is 16.3. The van der Waals surface area contributed by atoms with E-state index in [9.17, 15) is 0 Å². The minimum Gasteiger partial charge on any atom is -0.393 e. The van der Waals surface area contributed by atoms with Gasteiger partial charge in [0, 0.05) is 6.54 Å². The van der Waals surface area contributed by atoms with E-state index >= 15 is 0 Å².